The maximum absolute atomic E-state index is 10.3. The zero-order chi connectivity index (χ0) is 7.86. The van der Waals surface area contributed by atoms with Gasteiger partial charge in [0.1, 0.15) is 0 Å². The second-order valence-corrected chi connectivity index (χ2v) is 0.918. The Hall–Kier alpha value is -0.610. The van der Waals surface area contributed by atoms with Crippen LogP contribution >= 0.6 is 0 Å². The summed E-state index contributed by atoms with van der Waals surface area (Å²) in [6.07, 6.45) is -5.20. The topological polar surface area (TPSA) is 0 Å². The third-order valence-electron chi connectivity index (χ3n) is 0.0825. The number of hydrogen-bond acceptors (Lipinski definition) is 0. The zero-order valence-electron chi connectivity index (χ0n) is 4.54. The first kappa shape index (κ1) is 11.2. The largest absolute Gasteiger partial charge is 0.298 e. The summed E-state index contributed by atoms with van der Waals surface area (Å²) in [5.74, 6) is 0. The SMILES string of the molecule is CC(F)F.FC=C(F)F. The minimum atomic E-state index is -2.29. The molecule has 0 aliphatic heterocycles. The molecule has 0 rings (SSSR count). The van der Waals surface area contributed by atoms with Crippen LogP contribution in [0, 0.1) is 0 Å². The fraction of sp³-hybridized carbons (Fsp3) is 0.500. The van der Waals surface area contributed by atoms with Gasteiger partial charge in [-0.05, 0) is 6.92 Å². The van der Waals surface area contributed by atoms with Crippen molar-refractivity contribution in [1.29, 1.82) is 0 Å². The van der Waals surface area contributed by atoms with Crippen molar-refractivity contribution in [2.75, 3.05) is 0 Å². The summed E-state index contributed by atoms with van der Waals surface area (Å²) in [4.78, 5) is 0. The molecule has 0 fully saturated rings. The molecule has 0 radical (unpaired) electrons. The van der Waals surface area contributed by atoms with Gasteiger partial charge in [-0.25, -0.2) is 13.2 Å². The molecule has 0 heterocycles. The van der Waals surface area contributed by atoms with Gasteiger partial charge in [-0.1, -0.05) is 0 Å². The van der Waals surface area contributed by atoms with Gasteiger partial charge in [-0.15, -0.1) is 0 Å². The van der Waals surface area contributed by atoms with Crippen molar-refractivity contribution in [2.45, 2.75) is 13.3 Å². The van der Waals surface area contributed by atoms with E-state index >= 15 is 0 Å². The van der Waals surface area contributed by atoms with Crippen LogP contribution in [0.1, 0.15) is 6.92 Å². The van der Waals surface area contributed by atoms with Crippen LogP contribution in [-0.2, 0) is 0 Å². The van der Waals surface area contributed by atoms with Crippen LogP contribution in [-0.4, -0.2) is 6.43 Å². The Labute approximate surface area is 49.0 Å². The van der Waals surface area contributed by atoms with Crippen LogP contribution in [0.25, 0.3) is 0 Å². The van der Waals surface area contributed by atoms with E-state index in [9.17, 15) is 22.0 Å². The van der Waals surface area contributed by atoms with Gasteiger partial charge >= 0.3 is 0 Å². The second-order valence-electron chi connectivity index (χ2n) is 0.918. The highest BCUT2D eigenvalue weighted by atomic mass is 19.3. The molecule has 0 saturated carbocycles. The average molecular weight is 148 g/mol. The molecule has 5 heteroatoms. The zero-order valence-corrected chi connectivity index (χ0v) is 4.54. The highest BCUT2D eigenvalue weighted by Crippen LogP contribution is 1.93. The van der Waals surface area contributed by atoms with Gasteiger partial charge in [0.05, 0.1) is 0 Å². The molecule has 9 heavy (non-hydrogen) atoms. The van der Waals surface area contributed by atoms with Crippen molar-refractivity contribution >= 4 is 0 Å². The van der Waals surface area contributed by atoms with Gasteiger partial charge in [-0.2, -0.15) is 8.78 Å². The van der Waals surface area contributed by atoms with Crippen molar-refractivity contribution in [1.82, 2.24) is 0 Å². The van der Waals surface area contributed by atoms with Crippen LogP contribution < -0.4 is 0 Å². The lowest BCUT2D eigenvalue weighted by Gasteiger charge is -1.70. The molecule has 0 amide bonds. The Morgan fingerprint density at radius 3 is 1.44 bits per heavy atom. The Morgan fingerprint density at radius 1 is 1.33 bits per heavy atom. The van der Waals surface area contributed by atoms with Crippen molar-refractivity contribution in [3.63, 3.8) is 0 Å². The van der Waals surface area contributed by atoms with Gasteiger partial charge in [0.25, 0.3) is 6.08 Å². The number of hydrogen-bond donors (Lipinski definition) is 0. The van der Waals surface area contributed by atoms with Gasteiger partial charge in [-0.3, -0.25) is 0 Å². The molecule has 0 aliphatic rings. The molecule has 0 N–H and O–H groups in total. The maximum atomic E-state index is 10.3. The molecule has 0 atom stereocenters. The van der Waals surface area contributed by atoms with Crippen LogP contribution in [0.5, 0.6) is 0 Å². The monoisotopic (exact) mass is 148 g/mol. The second kappa shape index (κ2) is 7.39. The molecule has 0 saturated heterocycles. The predicted molar refractivity (Wildman–Crippen MR) is 23.1 cm³/mol. The maximum Gasteiger partial charge on any atom is 0.298 e. The normalized spacial score (nSPS) is 7.89. The smallest absolute Gasteiger partial charge is 0.211 e. The minimum absolute atomic E-state index is 0.750. The first-order valence-electron chi connectivity index (χ1n) is 1.90. The average Bonchev–Trinajstić information content (AvgIpc) is 1.65. The van der Waals surface area contributed by atoms with Crippen molar-refractivity contribution in [3.8, 4) is 0 Å². The third kappa shape index (κ3) is 111. The highest BCUT2D eigenvalue weighted by Gasteiger charge is 1.79. The third-order valence-corrected chi connectivity index (χ3v) is 0.0825. The van der Waals surface area contributed by atoms with E-state index in [-0.39, 0.29) is 0 Å². The van der Waals surface area contributed by atoms with Crippen molar-refractivity contribution < 1.29 is 22.0 Å². The molecule has 0 spiro atoms. The minimum Gasteiger partial charge on any atom is -0.211 e. The summed E-state index contributed by atoms with van der Waals surface area (Å²) in [6, 6.07) is 0. The lowest BCUT2D eigenvalue weighted by Crippen LogP contribution is -1.69. The lowest BCUT2D eigenvalue weighted by atomic mass is 10.9. The van der Waals surface area contributed by atoms with Crippen molar-refractivity contribution in [3.05, 3.63) is 12.4 Å². The fourth-order valence-electron chi connectivity index (χ4n) is 0. The molecule has 0 aromatic heterocycles. The lowest BCUT2D eigenvalue weighted by molar-refractivity contribution is 0.171. The van der Waals surface area contributed by atoms with E-state index in [1.807, 2.05) is 0 Å². The van der Waals surface area contributed by atoms with Crippen molar-refractivity contribution in [2.24, 2.45) is 0 Å². The van der Waals surface area contributed by atoms with E-state index < -0.39 is 18.8 Å². The molecule has 0 aromatic rings. The highest BCUT2D eigenvalue weighted by molar-refractivity contribution is 4.66. The van der Waals surface area contributed by atoms with Crippen LogP contribution in [0.3, 0.4) is 0 Å². The van der Waals surface area contributed by atoms with Gasteiger partial charge in [0.2, 0.25) is 6.43 Å². The summed E-state index contributed by atoms with van der Waals surface area (Å²) in [5, 5.41) is 0. The molecular weight excluding hydrogens is 143 g/mol. The molecule has 56 valence electrons. The summed E-state index contributed by atoms with van der Waals surface area (Å²) in [6.45, 7) is 0.833. The summed E-state index contributed by atoms with van der Waals surface area (Å²) in [7, 11) is 0. The van der Waals surface area contributed by atoms with Gasteiger partial charge in [0, 0.05) is 0 Å². The molecule has 0 aromatic carbocycles. The van der Waals surface area contributed by atoms with E-state index in [1.54, 1.807) is 0 Å². The Balaban J connectivity index is 0. The Bertz CT molecular complexity index is 70.3. The summed E-state index contributed by atoms with van der Waals surface area (Å²) in [5.41, 5.74) is 0. The van der Waals surface area contributed by atoms with Crippen LogP contribution in [0.15, 0.2) is 12.4 Å². The van der Waals surface area contributed by atoms with E-state index in [2.05, 4.69) is 0 Å². The predicted octanol–water partition coefficient (Wildman–Crippen LogP) is 2.97. The summed E-state index contributed by atoms with van der Waals surface area (Å²) >= 11 is 0. The van der Waals surface area contributed by atoms with Crippen LogP contribution in [0.2, 0.25) is 0 Å². The molecular formula is C4H5F5. The standard InChI is InChI=1S/C2HF3.C2H4F2/c3-1-2(4)5;1-2(3)4/h1H;2H,1H3. The van der Waals surface area contributed by atoms with E-state index in [0.29, 0.717) is 0 Å². The molecule has 0 nitrogen and oxygen atoms in total. The molecule has 0 aliphatic carbocycles. The molecule has 0 bridgehead atoms. The molecule has 0 unspecified atom stereocenters. The quantitative estimate of drug-likeness (QED) is 0.463. The van der Waals surface area contributed by atoms with E-state index in [1.165, 1.54) is 0 Å². The Morgan fingerprint density at radius 2 is 1.44 bits per heavy atom. The van der Waals surface area contributed by atoms with E-state index in [0.717, 1.165) is 6.92 Å². The number of rotatable bonds is 0. The van der Waals surface area contributed by atoms with Crippen LogP contribution in [0.4, 0.5) is 22.0 Å². The number of alkyl halides is 2. The Kier molecular flexibility index (Phi) is 9.21. The van der Waals surface area contributed by atoms with Gasteiger partial charge in [0.15, 0.2) is 6.33 Å². The summed E-state index contributed by atoms with van der Waals surface area (Å²) < 4.78 is 51.4. The first-order valence-corrected chi connectivity index (χ1v) is 1.90. The number of halogens is 5. The van der Waals surface area contributed by atoms with E-state index in [4.69, 9.17) is 0 Å². The van der Waals surface area contributed by atoms with Gasteiger partial charge < -0.3 is 0 Å². The first-order chi connectivity index (χ1) is 4.00. The fourth-order valence-corrected chi connectivity index (χ4v) is 0.